The van der Waals surface area contributed by atoms with Crippen LogP contribution in [0.1, 0.15) is 44.7 Å². The van der Waals surface area contributed by atoms with Gasteiger partial charge >= 0.3 is 6.09 Å². The normalized spacial score (nSPS) is 14.3. The Labute approximate surface area is 178 Å². The Morgan fingerprint density at radius 2 is 1.63 bits per heavy atom. The third-order valence-corrected chi connectivity index (χ3v) is 4.94. The largest absolute Gasteiger partial charge is 0.481 e. The zero-order valence-electron chi connectivity index (χ0n) is 18.4. The quantitative estimate of drug-likeness (QED) is 0.715. The maximum Gasteiger partial charge on any atom is 0.410 e. The molecule has 0 saturated carbocycles. The van der Waals surface area contributed by atoms with Crippen molar-refractivity contribution in [2.24, 2.45) is 0 Å². The summed E-state index contributed by atoms with van der Waals surface area (Å²) in [6.45, 7) is 6.89. The number of piperidine rings is 1. The van der Waals surface area contributed by atoms with Crippen LogP contribution in [0.25, 0.3) is 5.57 Å². The summed E-state index contributed by atoms with van der Waals surface area (Å²) in [7, 11) is 3.20. The van der Waals surface area contributed by atoms with Crippen LogP contribution in [-0.2, 0) is 4.74 Å². The Morgan fingerprint density at radius 3 is 2.20 bits per heavy atom. The van der Waals surface area contributed by atoms with Gasteiger partial charge in [-0.05, 0) is 50.8 Å². The Kier molecular flexibility index (Phi) is 6.65. The minimum absolute atomic E-state index is 0.258. The average molecular weight is 411 g/mol. The van der Waals surface area contributed by atoms with E-state index in [-0.39, 0.29) is 6.09 Å². The van der Waals surface area contributed by atoms with Crippen LogP contribution in [0, 0.1) is 0 Å². The van der Waals surface area contributed by atoms with E-state index in [0.29, 0.717) is 24.8 Å². The van der Waals surface area contributed by atoms with Gasteiger partial charge in [0.05, 0.1) is 14.2 Å². The van der Waals surface area contributed by atoms with Crippen molar-refractivity contribution in [2.75, 3.05) is 27.3 Å². The molecule has 1 aliphatic rings. The SMILES string of the molecule is COc1ccc(C(=C2CCN(C(=O)OC(C)(C)C)CC2)c2ccccc2)c(OC)n1. The smallest absolute Gasteiger partial charge is 0.410 e. The van der Waals surface area contributed by atoms with Gasteiger partial charge in [-0.3, -0.25) is 0 Å². The third-order valence-electron chi connectivity index (χ3n) is 4.94. The number of carbonyl (C=O) groups is 1. The number of pyridine rings is 1. The highest BCUT2D eigenvalue weighted by molar-refractivity contribution is 5.84. The minimum Gasteiger partial charge on any atom is -0.481 e. The fraction of sp³-hybridized carbons (Fsp3) is 0.417. The van der Waals surface area contributed by atoms with Crippen molar-refractivity contribution in [2.45, 2.75) is 39.2 Å². The van der Waals surface area contributed by atoms with Gasteiger partial charge in [-0.25, -0.2) is 4.79 Å². The number of likely N-dealkylation sites (tertiary alicyclic amines) is 1. The number of amides is 1. The number of carbonyl (C=O) groups excluding carboxylic acids is 1. The van der Waals surface area contributed by atoms with Gasteiger partial charge < -0.3 is 19.1 Å². The first-order chi connectivity index (χ1) is 14.3. The number of benzene rings is 1. The number of hydrogen-bond donors (Lipinski definition) is 0. The molecule has 30 heavy (non-hydrogen) atoms. The van der Waals surface area contributed by atoms with Gasteiger partial charge in [0.1, 0.15) is 5.60 Å². The third kappa shape index (κ3) is 5.12. The maximum atomic E-state index is 12.4. The summed E-state index contributed by atoms with van der Waals surface area (Å²) in [4.78, 5) is 18.7. The Morgan fingerprint density at radius 1 is 0.967 bits per heavy atom. The molecule has 1 saturated heterocycles. The molecule has 6 heteroatoms. The van der Waals surface area contributed by atoms with Crippen LogP contribution in [0.4, 0.5) is 4.79 Å². The lowest BCUT2D eigenvalue weighted by Crippen LogP contribution is -2.40. The molecule has 0 atom stereocenters. The zero-order chi connectivity index (χ0) is 21.7. The first kappa shape index (κ1) is 21.7. The Bertz CT molecular complexity index is 907. The van der Waals surface area contributed by atoms with Crippen LogP contribution in [0.2, 0.25) is 0 Å². The van der Waals surface area contributed by atoms with Crippen LogP contribution < -0.4 is 9.47 Å². The lowest BCUT2D eigenvalue weighted by Gasteiger charge is -2.32. The number of hydrogen-bond acceptors (Lipinski definition) is 5. The molecule has 2 aromatic rings. The molecule has 1 fully saturated rings. The molecule has 0 aliphatic carbocycles. The van der Waals surface area contributed by atoms with E-state index >= 15 is 0 Å². The van der Waals surface area contributed by atoms with E-state index in [2.05, 4.69) is 17.1 Å². The fourth-order valence-electron chi connectivity index (χ4n) is 3.57. The van der Waals surface area contributed by atoms with Crippen molar-refractivity contribution in [3.05, 3.63) is 59.2 Å². The predicted molar refractivity (Wildman–Crippen MR) is 117 cm³/mol. The molecular formula is C24H30N2O4. The van der Waals surface area contributed by atoms with Crippen LogP contribution in [0.3, 0.4) is 0 Å². The molecule has 0 radical (unpaired) electrons. The van der Waals surface area contributed by atoms with Gasteiger partial charge in [0.15, 0.2) is 0 Å². The molecule has 160 valence electrons. The summed E-state index contributed by atoms with van der Waals surface area (Å²) in [5.74, 6) is 1.03. The number of ether oxygens (including phenoxy) is 3. The van der Waals surface area contributed by atoms with E-state index in [1.807, 2.05) is 51.1 Å². The number of methoxy groups -OCH3 is 2. The van der Waals surface area contributed by atoms with Gasteiger partial charge in [0.25, 0.3) is 0 Å². The topological polar surface area (TPSA) is 60.9 Å². The summed E-state index contributed by atoms with van der Waals surface area (Å²) in [6, 6.07) is 14.1. The summed E-state index contributed by atoms with van der Waals surface area (Å²) < 4.78 is 16.4. The highest BCUT2D eigenvalue weighted by atomic mass is 16.6. The molecule has 2 heterocycles. The standard InChI is InChI=1S/C24H30N2O4/c1-24(2,3)30-23(27)26-15-13-18(14-16-26)21(17-9-7-6-8-10-17)19-11-12-20(28-4)25-22(19)29-5/h6-12H,13-16H2,1-5H3. The fourth-order valence-corrected chi connectivity index (χ4v) is 3.57. The molecule has 0 N–H and O–H groups in total. The van der Waals surface area contributed by atoms with E-state index in [9.17, 15) is 4.79 Å². The molecule has 1 amide bonds. The van der Waals surface area contributed by atoms with Gasteiger partial charge in [0, 0.05) is 24.7 Å². The van der Waals surface area contributed by atoms with Gasteiger partial charge in [0.2, 0.25) is 11.8 Å². The first-order valence-electron chi connectivity index (χ1n) is 10.2. The second-order valence-corrected chi connectivity index (χ2v) is 8.22. The molecule has 3 rings (SSSR count). The number of aromatic nitrogens is 1. The van der Waals surface area contributed by atoms with Crippen molar-refractivity contribution in [3.63, 3.8) is 0 Å². The van der Waals surface area contributed by atoms with Gasteiger partial charge in [-0.2, -0.15) is 4.98 Å². The molecule has 0 spiro atoms. The molecule has 1 aliphatic heterocycles. The van der Waals surface area contributed by atoms with Crippen molar-refractivity contribution < 1.29 is 19.0 Å². The van der Waals surface area contributed by atoms with Crippen LogP contribution in [0.5, 0.6) is 11.8 Å². The summed E-state index contributed by atoms with van der Waals surface area (Å²) >= 11 is 0. The molecule has 1 aromatic carbocycles. The number of rotatable bonds is 4. The molecule has 0 unspecified atom stereocenters. The van der Waals surface area contributed by atoms with Crippen molar-refractivity contribution in [1.29, 1.82) is 0 Å². The van der Waals surface area contributed by atoms with E-state index in [1.165, 1.54) is 5.57 Å². The van der Waals surface area contributed by atoms with E-state index in [4.69, 9.17) is 14.2 Å². The second-order valence-electron chi connectivity index (χ2n) is 8.22. The van der Waals surface area contributed by atoms with Crippen LogP contribution in [-0.4, -0.2) is 48.9 Å². The second kappa shape index (κ2) is 9.20. The highest BCUT2D eigenvalue weighted by Crippen LogP contribution is 2.37. The zero-order valence-corrected chi connectivity index (χ0v) is 18.4. The first-order valence-corrected chi connectivity index (χ1v) is 10.2. The summed E-state index contributed by atoms with van der Waals surface area (Å²) in [5, 5.41) is 0. The van der Waals surface area contributed by atoms with E-state index in [1.54, 1.807) is 19.1 Å². The molecule has 0 bridgehead atoms. The summed E-state index contributed by atoms with van der Waals surface area (Å²) in [6.07, 6.45) is 1.27. The lowest BCUT2D eigenvalue weighted by atomic mass is 9.89. The molecule has 6 nitrogen and oxygen atoms in total. The van der Waals surface area contributed by atoms with Crippen molar-refractivity contribution >= 4 is 11.7 Å². The van der Waals surface area contributed by atoms with Crippen LogP contribution in [0.15, 0.2) is 48.0 Å². The molecule has 1 aromatic heterocycles. The van der Waals surface area contributed by atoms with E-state index < -0.39 is 5.60 Å². The Balaban J connectivity index is 1.95. The predicted octanol–water partition coefficient (Wildman–Crippen LogP) is 4.93. The van der Waals surface area contributed by atoms with Crippen LogP contribution >= 0.6 is 0 Å². The molecular weight excluding hydrogens is 380 g/mol. The van der Waals surface area contributed by atoms with Crippen molar-refractivity contribution in [3.8, 4) is 11.8 Å². The summed E-state index contributed by atoms with van der Waals surface area (Å²) in [5.41, 5.74) is 3.90. The Hall–Kier alpha value is -3.02. The lowest BCUT2D eigenvalue weighted by molar-refractivity contribution is 0.0236. The highest BCUT2D eigenvalue weighted by Gasteiger charge is 2.27. The van der Waals surface area contributed by atoms with Gasteiger partial charge in [-0.1, -0.05) is 35.9 Å². The van der Waals surface area contributed by atoms with Crippen molar-refractivity contribution in [1.82, 2.24) is 9.88 Å². The minimum atomic E-state index is -0.496. The van der Waals surface area contributed by atoms with Gasteiger partial charge in [-0.15, -0.1) is 0 Å². The van der Waals surface area contributed by atoms with E-state index in [0.717, 1.165) is 29.5 Å². The monoisotopic (exact) mass is 410 g/mol. The maximum absolute atomic E-state index is 12.4. The average Bonchev–Trinajstić information content (AvgIpc) is 2.74. The number of nitrogens with zero attached hydrogens (tertiary/aromatic N) is 2.